The van der Waals surface area contributed by atoms with Gasteiger partial charge in [-0.05, 0) is 90.4 Å². The van der Waals surface area contributed by atoms with Gasteiger partial charge in [-0.15, -0.1) is 0 Å². The molecule has 0 aromatic heterocycles. The fourth-order valence-electron chi connectivity index (χ4n) is 1.38. The number of hydrogen-bond donors (Lipinski definition) is 4. The van der Waals surface area contributed by atoms with E-state index in [1.807, 2.05) is 90.4 Å². The molecule has 0 bridgehead atoms. The lowest BCUT2D eigenvalue weighted by Crippen LogP contribution is -2.35. The Bertz CT molecular complexity index is 563. The van der Waals surface area contributed by atoms with E-state index in [-0.39, 0.29) is 12.1 Å². The molecule has 0 saturated carbocycles. The van der Waals surface area contributed by atoms with Gasteiger partial charge in [0.25, 0.3) is 5.91 Å². The Hall–Kier alpha value is 1.000. The number of aliphatic hydroxyl groups is 2. The molecule has 6 nitrogen and oxygen atoms in total. The number of rotatable bonds is 5. The van der Waals surface area contributed by atoms with Gasteiger partial charge in [0.05, 0.1) is 23.8 Å². The molecule has 1 aromatic rings. The van der Waals surface area contributed by atoms with Crippen LogP contribution >= 0.6 is 90.4 Å². The van der Waals surface area contributed by atoms with Gasteiger partial charge < -0.3 is 20.6 Å². The molecule has 0 aliphatic rings. The third-order valence-corrected chi connectivity index (χ3v) is 8.79. The highest BCUT2D eigenvalue weighted by Gasteiger charge is 2.26. The van der Waals surface area contributed by atoms with Crippen LogP contribution in [0.3, 0.4) is 0 Å². The second-order valence-corrected chi connectivity index (χ2v) is 8.17. The fraction of sp³-hybridized carbons (Fsp3) is 0.273. The van der Waals surface area contributed by atoms with Crippen LogP contribution in [0.5, 0.6) is 0 Å². The first kappa shape index (κ1) is 20.0. The van der Waals surface area contributed by atoms with E-state index in [0.29, 0.717) is 19.8 Å². The summed E-state index contributed by atoms with van der Waals surface area (Å²) in [6.45, 7) is -0.517. The van der Waals surface area contributed by atoms with Gasteiger partial charge in [0.1, 0.15) is 0 Å². The molecule has 0 fully saturated rings. The summed E-state index contributed by atoms with van der Waals surface area (Å²) in [4.78, 5) is 23.5. The van der Waals surface area contributed by atoms with Gasteiger partial charge in [-0.2, -0.15) is 0 Å². The van der Waals surface area contributed by atoms with E-state index < -0.39 is 24.6 Å². The monoisotopic (exact) mass is 743 g/mol. The zero-order chi connectivity index (χ0) is 16.3. The molecular formula is C11H9I4NO5. The van der Waals surface area contributed by atoms with Crippen molar-refractivity contribution >= 4 is 102 Å². The van der Waals surface area contributed by atoms with Crippen LogP contribution < -0.4 is 5.32 Å². The summed E-state index contributed by atoms with van der Waals surface area (Å²) >= 11 is 7.68. The van der Waals surface area contributed by atoms with Gasteiger partial charge in [-0.25, -0.2) is 4.79 Å². The molecule has 21 heavy (non-hydrogen) atoms. The summed E-state index contributed by atoms with van der Waals surface area (Å²) in [5.74, 6) is -1.45. The molecule has 0 radical (unpaired) electrons. The maximum absolute atomic E-state index is 12.2. The Morgan fingerprint density at radius 2 is 1.43 bits per heavy atom. The van der Waals surface area contributed by atoms with Crippen LogP contribution in [0, 0.1) is 14.3 Å². The molecule has 1 amide bonds. The van der Waals surface area contributed by atoms with Gasteiger partial charge in [-0.3, -0.25) is 4.79 Å². The van der Waals surface area contributed by atoms with Crippen molar-refractivity contribution in [3.63, 3.8) is 0 Å². The minimum absolute atomic E-state index is 0.0741. The van der Waals surface area contributed by atoms with Crippen LogP contribution in [0.2, 0.25) is 0 Å². The van der Waals surface area contributed by atoms with Crippen LogP contribution in [0.15, 0.2) is 0 Å². The van der Waals surface area contributed by atoms with E-state index in [4.69, 9.17) is 5.11 Å². The highest BCUT2D eigenvalue weighted by atomic mass is 127. The number of carboxylic acid groups (broad SMARTS) is 1. The smallest absolute Gasteiger partial charge is 0.337 e. The standard InChI is InChI=1S/C11H9I4NO5/c12-6-4(10(19)16-1-3(18)2-17)7(13)9(15)5(8(6)14)11(20)21/h3,17-18H,1-2H2,(H,16,19)(H,20,21). The lowest BCUT2D eigenvalue weighted by Gasteiger charge is -2.15. The first-order valence-corrected chi connectivity index (χ1v) is 9.70. The fourth-order valence-corrected chi connectivity index (χ4v) is 5.52. The Labute approximate surface area is 175 Å². The zero-order valence-electron chi connectivity index (χ0n) is 10.2. The summed E-state index contributed by atoms with van der Waals surface area (Å²) in [6.07, 6.45) is -1.03. The van der Waals surface area contributed by atoms with E-state index in [1.165, 1.54) is 0 Å². The van der Waals surface area contributed by atoms with Gasteiger partial charge in [0.2, 0.25) is 0 Å². The normalized spacial score (nSPS) is 12.1. The maximum Gasteiger partial charge on any atom is 0.337 e. The van der Waals surface area contributed by atoms with Gasteiger partial charge in [0, 0.05) is 20.8 Å². The van der Waals surface area contributed by atoms with E-state index in [9.17, 15) is 19.8 Å². The van der Waals surface area contributed by atoms with Crippen molar-refractivity contribution in [3.8, 4) is 0 Å². The molecule has 1 unspecified atom stereocenters. The van der Waals surface area contributed by atoms with Crippen LogP contribution in [0.25, 0.3) is 0 Å². The molecule has 0 saturated heterocycles. The summed E-state index contributed by atoms with van der Waals surface area (Å²) in [5, 5.41) is 29.8. The lowest BCUT2D eigenvalue weighted by molar-refractivity contribution is 0.0693. The number of carbonyl (C=O) groups is 2. The molecule has 1 aromatic carbocycles. The molecule has 0 heterocycles. The maximum atomic E-state index is 12.2. The quantitative estimate of drug-likeness (QED) is 0.273. The average Bonchev–Trinajstić information content (AvgIpc) is 2.42. The van der Waals surface area contributed by atoms with Crippen molar-refractivity contribution in [3.05, 3.63) is 25.4 Å². The van der Waals surface area contributed by atoms with Gasteiger partial charge in [0.15, 0.2) is 0 Å². The molecule has 10 heteroatoms. The number of aromatic carboxylic acids is 1. The zero-order valence-corrected chi connectivity index (χ0v) is 18.8. The number of halogens is 4. The van der Waals surface area contributed by atoms with Gasteiger partial charge in [-0.1, -0.05) is 0 Å². The minimum Gasteiger partial charge on any atom is -0.478 e. The molecule has 0 aliphatic carbocycles. The van der Waals surface area contributed by atoms with Crippen molar-refractivity contribution < 1.29 is 24.9 Å². The summed E-state index contributed by atoms with van der Waals surface area (Å²) < 4.78 is 2.09. The Morgan fingerprint density at radius 1 is 1.00 bits per heavy atom. The largest absolute Gasteiger partial charge is 0.478 e. The molecule has 1 rings (SSSR count). The highest BCUT2D eigenvalue weighted by Crippen LogP contribution is 2.32. The average molecular weight is 743 g/mol. The Balaban J connectivity index is 3.26. The summed E-state index contributed by atoms with van der Waals surface area (Å²) in [5.41, 5.74) is 0.553. The molecule has 116 valence electrons. The van der Waals surface area contributed by atoms with Gasteiger partial charge >= 0.3 is 5.97 Å². The van der Waals surface area contributed by atoms with E-state index in [0.717, 1.165) is 0 Å². The van der Waals surface area contributed by atoms with Crippen molar-refractivity contribution in [2.45, 2.75) is 6.10 Å². The Kier molecular flexibility index (Phi) is 8.34. The van der Waals surface area contributed by atoms with Crippen molar-refractivity contribution in [2.24, 2.45) is 0 Å². The first-order chi connectivity index (χ1) is 9.72. The van der Waals surface area contributed by atoms with Crippen molar-refractivity contribution in [1.82, 2.24) is 5.32 Å². The van der Waals surface area contributed by atoms with E-state index in [1.54, 1.807) is 0 Å². The van der Waals surface area contributed by atoms with E-state index >= 15 is 0 Å². The highest BCUT2D eigenvalue weighted by molar-refractivity contribution is 14.1. The summed E-state index contributed by atoms with van der Waals surface area (Å²) in [6, 6.07) is 0. The number of amides is 1. The SMILES string of the molecule is O=C(O)c1c(I)c(I)c(C(=O)NCC(O)CO)c(I)c1I. The first-order valence-electron chi connectivity index (χ1n) is 5.38. The van der Waals surface area contributed by atoms with Crippen LogP contribution in [-0.2, 0) is 0 Å². The Morgan fingerprint density at radius 3 is 1.81 bits per heavy atom. The van der Waals surface area contributed by atoms with E-state index in [2.05, 4.69) is 5.32 Å². The summed E-state index contributed by atoms with van der Waals surface area (Å²) in [7, 11) is 0. The predicted octanol–water partition coefficient (Wildman–Crippen LogP) is 1.89. The molecule has 0 spiro atoms. The topological polar surface area (TPSA) is 107 Å². The van der Waals surface area contributed by atoms with Crippen LogP contribution in [0.1, 0.15) is 20.7 Å². The number of carboxylic acids is 1. The minimum atomic E-state index is -1.04. The third kappa shape index (κ3) is 4.74. The molecule has 4 N–H and O–H groups in total. The molecule has 1 atom stereocenters. The number of nitrogens with one attached hydrogen (secondary N) is 1. The lowest BCUT2D eigenvalue weighted by atomic mass is 10.1. The second kappa shape index (κ2) is 8.74. The predicted molar refractivity (Wildman–Crippen MR) is 110 cm³/mol. The number of aliphatic hydroxyl groups excluding tert-OH is 2. The van der Waals surface area contributed by atoms with Crippen molar-refractivity contribution in [1.29, 1.82) is 0 Å². The van der Waals surface area contributed by atoms with Crippen LogP contribution in [-0.4, -0.2) is 46.5 Å². The number of hydrogen-bond acceptors (Lipinski definition) is 4. The van der Waals surface area contributed by atoms with Crippen molar-refractivity contribution in [2.75, 3.05) is 13.2 Å². The molecule has 0 aliphatic heterocycles. The third-order valence-electron chi connectivity index (χ3n) is 2.41. The number of benzene rings is 1. The second-order valence-electron chi connectivity index (χ2n) is 3.86. The molecular weight excluding hydrogens is 734 g/mol. The van der Waals surface area contributed by atoms with Crippen LogP contribution in [0.4, 0.5) is 0 Å². The number of carbonyl (C=O) groups excluding carboxylic acids is 1.